The lowest BCUT2D eigenvalue weighted by Crippen LogP contribution is -2.18. The van der Waals surface area contributed by atoms with Gasteiger partial charge in [-0.25, -0.2) is 0 Å². The molecule has 4 heteroatoms. The van der Waals surface area contributed by atoms with Crippen LogP contribution in [0.15, 0.2) is 40.9 Å². The third kappa shape index (κ3) is 3.60. The summed E-state index contributed by atoms with van der Waals surface area (Å²) in [4.78, 5) is 0. The lowest BCUT2D eigenvalue weighted by molar-refractivity contribution is 0.351. The number of fused-ring (bicyclic) bond motifs is 1. The number of ether oxygens (including phenoxy) is 1. The van der Waals surface area contributed by atoms with Crippen LogP contribution in [0, 0.1) is 3.57 Å². The molecule has 21 heavy (non-hydrogen) atoms. The summed E-state index contributed by atoms with van der Waals surface area (Å²) in [5.74, 6) is 1.07. The zero-order valence-corrected chi connectivity index (χ0v) is 15.6. The highest BCUT2D eigenvalue weighted by atomic mass is 127. The number of rotatable bonds is 4. The molecule has 1 unspecified atom stereocenters. The highest BCUT2D eigenvalue weighted by molar-refractivity contribution is 14.1. The Morgan fingerprint density at radius 1 is 1.29 bits per heavy atom. The molecule has 1 N–H and O–H groups in total. The van der Waals surface area contributed by atoms with Gasteiger partial charge in [0.05, 0.1) is 6.61 Å². The Balaban J connectivity index is 1.72. The fraction of sp³-hybridized carbons (Fsp3) is 0.294. The molecule has 0 saturated carbocycles. The van der Waals surface area contributed by atoms with Crippen molar-refractivity contribution in [1.29, 1.82) is 0 Å². The second-order valence-corrected chi connectivity index (χ2v) is 7.47. The molecule has 0 radical (unpaired) electrons. The lowest BCUT2D eigenvalue weighted by atomic mass is 10.1. The van der Waals surface area contributed by atoms with Crippen molar-refractivity contribution in [3.05, 3.63) is 61.1 Å². The van der Waals surface area contributed by atoms with E-state index in [0.717, 1.165) is 29.8 Å². The number of benzene rings is 2. The molecule has 0 bridgehead atoms. The van der Waals surface area contributed by atoms with E-state index in [1.54, 1.807) is 0 Å². The van der Waals surface area contributed by atoms with Crippen LogP contribution >= 0.6 is 38.5 Å². The van der Waals surface area contributed by atoms with Gasteiger partial charge in [-0.05, 0) is 64.9 Å². The molecule has 0 fully saturated rings. The van der Waals surface area contributed by atoms with Crippen molar-refractivity contribution >= 4 is 38.5 Å². The first-order valence-electron chi connectivity index (χ1n) is 7.06. The largest absolute Gasteiger partial charge is 0.493 e. The molecule has 0 aliphatic carbocycles. The zero-order chi connectivity index (χ0) is 14.8. The standard InChI is InChI=1S/C17H17BrINO/c1-11(12-2-4-16(19)5-3-12)20-10-14-9-15(18)8-13-6-7-21-17(13)14/h2-5,8-9,11,20H,6-7,10H2,1H3. The Labute approximate surface area is 147 Å². The first-order valence-corrected chi connectivity index (χ1v) is 8.93. The van der Waals surface area contributed by atoms with Crippen molar-refractivity contribution in [3.8, 4) is 5.75 Å². The zero-order valence-electron chi connectivity index (χ0n) is 11.8. The van der Waals surface area contributed by atoms with Gasteiger partial charge in [-0.3, -0.25) is 0 Å². The maximum Gasteiger partial charge on any atom is 0.127 e. The molecule has 2 nitrogen and oxygen atoms in total. The monoisotopic (exact) mass is 457 g/mol. The van der Waals surface area contributed by atoms with Crippen molar-refractivity contribution in [2.75, 3.05) is 6.61 Å². The van der Waals surface area contributed by atoms with Crippen LogP contribution in [-0.4, -0.2) is 6.61 Å². The molecule has 0 saturated heterocycles. The van der Waals surface area contributed by atoms with Crippen molar-refractivity contribution in [2.45, 2.75) is 25.9 Å². The minimum Gasteiger partial charge on any atom is -0.493 e. The van der Waals surface area contributed by atoms with Gasteiger partial charge in [0, 0.05) is 32.6 Å². The lowest BCUT2D eigenvalue weighted by Gasteiger charge is -2.16. The van der Waals surface area contributed by atoms with Crippen molar-refractivity contribution < 1.29 is 4.74 Å². The van der Waals surface area contributed by atoms with E-state index in [-0.39, 0.29) is 0 Å². The summed E-state index contributed by atoms with van der Waals surface area (Å²) >= 11 is 5.92. The SMILES string of the molecule is CC(NCc1cc(Br)cc2c1OCC2)c1ccc(I)cc1. The molecule has 1 aliphatic rings. The van der Waals surface area contributed by atoms with Crippen LogP contribution < -0.4 is 10.1 Å². The topological polar surface area (TPSA) is 21.3 Å². The average molecular weight is 458 g/mol. The summed E-state index contributed by atoms with van der Waals surface area (Å²) in [5, 5.41) is 3.59. The van der Waals surface area contributed by atoms with E-state index in [1.165, 1.54) is 20.3 Å². The van der Waals surface area contributed by atoms with Gasteiger partial charge in [-0.1, -0.05) is 28.1 Å². The van der Waals surface area contributed by atoms with Crippen LogP contribution in [-0.2, 0) is 13.0 Å². The van der Waals surface area contributed by atoms with Gasteiger partial charge in [0.25, 0.3) is 0 Å². The summed E-state index contributed by atoms with van der Waals surface area (Å²) in [6.07, 6.45) is 1.01. The predicted molar refractivity (Wildman–Crippen MR) is 97.8 cm³/mol. The second-order valence-electron chi connectivity index (χ2n) is 5.31. The minimum absolute atomic E-state index is 0.318. The molecule has 1 heterocycles. The smallest absolute Gasteiger partial charge is 0.127 e. The van der Waals surface area contributed by atoms with E-state index in [4.69, 9.17) is 4.74 Å². The fourth-order valence-corrected chi connectivity index (χ4v) is 3.52. The van der Waals surface area contributed by atoms with Crippen molar-refractivity contribution in [3.63, 3.8) is 0 Å². The van der Waals surface area contributed by atoms with Gasteiger partial charge in [0.2, 0.25) is 0 Å². The van der Waals surface area contributed by atoms with E-state index in [2.05, 4.69) is 87.2 Å². The third-order valence-electron chi connectivity index (χ3n) is 3.79. The summed E-state index contributed by atoms with van der Waals surface area (Å²) in [6, 6.07) is 13.3. The molecule has 3 rings (SSSR count). The number of hydrogen-bond acceptors (Lipinski definition) is 2. The molecule has 0 aromatic heterocycles. The molecule has 110 valence electrons. The first-order chi connectivity index (χ1) is 10.1. The van der Waals surface area contributed by atoms with Gasteiger partial charge in [0.15, 0.2) is 0 Å². The summed E-state index contributed by atoms with van der Waals surface area (Å²) in [7, 11) is 0. The van der Waals surface area contributed by atoms with Crippen LogP contribution in [0.2, 0.25) is 0 Å². The van der Waals surface area contributed by atoms with Crippen LogP contribution in [0.25, 0.3) is 0 Å². The molecule has 0 amide bonds. The first kappa shape index (κ1) is 15.3. The minimum atomic E-state index is 0.318. The van der Waals surface area contributed by atoms with Gasteiger partial charge in [0.1, 0.15) is 5.75 Å². The van der Waals surface area contributed by atoms with Gasteiger partial charge >= 0.3 is 0 Å². The third-order valence-corrected chi connectivity index (χ3v) is 4.97. The van der Waals surface area contributed by atoms with E-state index < -0.39 is 0 Å². The van der Waals surface area contributed by atoms with Crippen LogP contribution in [0.1, 0.15) is 29.7 Å². The number of halogens is 2. The molecule has 1 atom stereocenters. The molecule has 2 aromatic carbocycles. The Morgan fingerprint density at radius 2 is 2.05 bits per heavy atom. The highest BCUT2D eigenvalue weighted by Gasteiger charge is 2.17. The van der Waals surface area contributed by atoms with Gasteiger partial charge in [-0.2, -0.15) is 0 Å². The van der Waals surface area contributed by atoms with E-state index >= 15 is 0 Å². The van der Waals surface area contributed by atoms with Gasteiger partial charge < -0.3 is 10.1 Å². The van der Waals surface area contributed by atoms with Crippen molar-refractivity contribution in [1.82, 2.24) is 5.32 Å². The summed E-state index contributed by atoms with van der Waals surface area (Å²) in [6.45, 7) is 3.81. The number of nitrogens with one attached hydrogen (secondary N) is 1. The van der Waals surface area contributed by atoms with Crippen LogP contribution in [0.4, 0.5) is 0 Å². The normalized spacial score (nSPS) is 14.6. The van der Waals surface area contributed by atoms with Crippen LogP contribution in [0.3, 0.4) is 0 Å². The Hall–Kier alpha value is -0.590. The molecule has 1 aliphatic heterocycles. The van der Waals surface area contributed by atoms with E-state index in [0.29, 0.717) is 6.04 Å². The molecular weight excluding hydrogens is 441 g/mol. The Kier molecular flexibility index (Phi) is 4.86. The number of hydrogen-bond donors (Lipinski definition) is 1. The Morgan fingerprint density at radius 3 is 2.81 bits per heavy atom. The highest BCUT2D eigenvalue weighted by Crippen LogP contribution is 2.33. The molecular formula is C17H17BrINO. The maximum absolute atomic E-state index is 5.78. The Bertz CT molecular complexity index is 642. The molecule has 2 aromatic rings. The maximum atomic E-state index is 5.78. The summed E-state index contributed by atoms with van der Waals surface area (Å²) < 4.78 is 8.17. The fourth-order valence-electron chi connectivity index (χ4n) is 2.61. The summed E-state index contributed by atoms with van der Waals surface area (Å²) in [5.41, 5.74) is 3.85. The van der Waals surface area contributed by atoms with Crippen molar-refractivity contribution in [2.24, 2.45) is 0 Å². The molecule has 0 spiro atoms. The van der Waals surface area contributed by atoms with Crippen LogP contribution in [0.5, 0.6) is 5.75 Å². The quantitative estimate of drug-likeness (QED) is 0.663. The van der Waals surface area contributed by atoms with E-state index in [1.807, 2.05) is 0 Å². The van der Waals surface area contributed by atoms with E-state index in [9.17, 15) is 0 Å². The predicted octanol–water partition coefficient (Wildman–Crippen LogP) is 4.84. The second kappa shape index (κ2) is 6.67. The van der Waals surface area contributed by atoms with Gasteiger partial charge in [-0.15, -0.1) is 0 Å². The average Bonchev–Trinajstić information content (AvgIpc) is 2.93.